The molecule has 0 amide bonds. The number of aliphatic hydroxyl groups excluding tert-OH is 1. The third-order valence-electron chi connectivity index (χ3n) is 10.8. The Hall–Kier alpha value is -1.86. The third-order valence-corrected chi connectivity index (χ3v) is 10.8. The zero-order chi connectivity index (χ0) is 27.7. The highest BCUT2D eigenvalue weighted by molar-refractivity contribution is 5.95. The lowest BCUT2D eigenvalue weighted by atomic mass is 9.45. The molecule has 3 fully saturated rings. The van der Waals surface area contributed by atoms with Crippen LogP contribution in [-0.4, -0.2) is 51.8 Å². The van der Waals surface area contributed by atoms with Crippen LogP contribution in [0.1, 0.15) is 111 Å². The SMILES string of the molecule is CCCCCCCCCC(=O)OC1CC(=O)C=C2CC[C@H]3[C@@H]4CC[C@](O)(C(=O)CO)[C@@]4(C)CC(=O)[C@@H]3[C@]21C. The Kier molecular flexibility index (Phi) is 8.68. The Balaban J connectivity index is 1.51. The largest absolute Gasteiger partial charge is 0.461 e. The van der Waals surface area contributed by atoms with Gasteiger partial charge in [0.2, 0.25) is 0 Å². The average Bonchev–Trinajstić information content (AvgIpc) is 3.14. The number of Topliss-reactive ketones (excluding diaryl/α,β-unsaturated/α-hetero) is 2. The number of esters is 1. The van der Waals surface area contributed by atoms with Crippen molar-refractivity contribution in [2.45, 2.75) is 122 Å². The second kappa shape index (κ2) is 11.3. The minimum atomic E-state index is -1.71. The summed E-state index contributed by atoms with van der Waals surface area (Å²) in [6.45, 7) is 5.25. The molecule has 0 radical (unpaired) electrons. The minimum absolute atomic E-state index is 0.0383. The first-order valence-electron chi connectivity index (χ1n) is 14.9. The summed E-state index contributed by atoms with van der Waals surface area (Å²) in [5.74, 6) is -1.62. The summed E-state index contributed by atoms with van der Waals surface area (Å²) >= 11 is 0. The van der Waals surface area contributed by atoms with E-state index in [-0.39, 0.29) is 48.6 Å². The van der Waals surface area contributed by atoms with Gasteiger partial charge in [0.25, 0.3) is 0 Å². The first-order chi connectivity index (χ1) is 18.0. The summed E-state index contributed by atoms with van der Waals surface area (Å²) in [5, 5.41) is 20.9. The number of hydrogen-bond donors (Lipinski definition) is 2. The summed E-state index contributed by atoms with van der Waals surface area (Å²) < 4.78 is 6.02. The number of rotatable bonds is 11. The summed E-state index contributed by atoms with van der Waals surface area (Å²) in [6.07, 6.45) is 11.2. The van der Waals surface area contributed by atoms with E-state index >= 15 is 0 Å². The molecule has 3 saturated carbocycles. The van der Waals surface area contributed by atoms with Crippen molar-refractivity contribution in [3.05, 3.63) is 11.6 Å². The smallest absolute Gasteiger partial charge is 0.306 e. The molecule has 0 saturated heterocycles. The molecule has 212 valence electrons. The van der Waals surface area contributed by atoms with Gasteiger partial charge in [-0.25, -0.2) is 0 Å². The number of aliphatic hydroxyl groups is 2. The molecular weight excluding hydrogens is 484 g/mol. The molecule has 38 heavy (non-hydrogen) atoms. The normalized spacial score (nSPS) is 38.2. The Bertz CT molecular complexity index is 985. The maximum atomic E-state index is 13.9. The van der Waals surface area contributed by atoms with Crippen LogP contribution in [0.15, 0.2) is 11.6 Å². The van der Waals surface area contributed by atoms with E-state index in [1.807, 2.05) is 13.8 Å². The molecular formula is C31H46O7. The van der Waals surface area contributed by atoms with Gasteiger partial charge in [-0.2, -0.15) is 0 Å². The maximum Gasteiger partial charge on any atom is 0.306 e. The number of ether oxygens (including phenoxy) is 1. The summed E-state index contributed by atoms with van der Waals surface area (Å²) in [7, 11) is 0. The lowest BCUT2D eigenvalue weighted by molar-refractivity contribution is -0.181. The molecule has 4 aliphatic carbocycles. The predicted molar refractivity (Wildman–Crippen MR) is 142 cm³/mol. The molecule has 0 spiro atoms. The molecule has 1 unspecified atom stereocenters. The molecule has 7 nitrogen and oxygen atoms in total. The Morgan fingerprint density at radius 3 is 2.42 bits per heavy atom. The second-order valence-corrected chi connectivity index (χ2v) is 12.8. The van der Waals surface area contributed by atoms with Gasteiger partial charge in [0, 0.05) is 36.0 Å². The van der Waals surface area contributed by atoms with Gasteiger partial charge in [0.05, 0.1) is 0 Å². The van der Waals surface area contributed by atoms with Crippen LogP contribution in [0.4, 0.5) is 0 Å². The number of ketones is 3. The molecule has 0 aliphatic heterocycles. The highest BCUT2D eigenvalue weighted by Gasteiger charge is 2.69. The van der Waals surface area contributed by atoms with Gasteiger partial charge in [0.1, 0.15) is 24.1 Å². The molecule has 4 aliphatic rings. The van der Waals surface area contributed by atoms with Gasteiger partial charge in [-0.3, -0.25) is 19.2 Å². The molecule has 0 aromatic rings. The fraction of sp³-hybridized carbons (Fsp3) is 0.806. The van der Waals surface area contributed by atoms with Gasteiger partial charge in [0.15, 0.2) is 11.6 Å². The van der Waals surface area contributed by atoms with Gasteiger partial charge < -0.3 is 14.9 Å². The average molecular weight is 531 g/mol. The first kappa shape index (κ1) is 29.1. The topological polar surface area (TPSA) is 118 Å². The Morgan fingerprint density at radius 1 is 1.05 bits per heavy atom. The van der Waals surface area contributed by atoms with E-state index in [1.54, 1.807) is 6.08 Å². The van der Waals surface area contributed by atoms with Gasteiger partial charge in [-0.15, -0.1) is 0 Å². The van der Waals surface area contributed by atoms with Gasteiger partial charge >= 0.3 is 5.97 Å². The standard InChI is InChI=1S/C31H46O7/c1-4-5-6-7-8-9-10-11-27(36)38-26-17-21(33)16-20-12-13-22-23-14-15-31(37,25(35)19-32)29(23,2)18-24(34)28(22)30(20,26)3/h16,22-23,26,28,32,37H,4-15,17-19H2,1-3H3/t22-,23-,26?,28+,29-,30+,31-/m0/s1. The van der Waals surface area contributed by atoms with Crippen molar-refractivity contribution in [1.82, 2.24) is 0 Å². The zero-order valence-corrected chi connectivity index (χ0v) is 23.4. The molecule has 2 N–H and O–H groups in total. The highest BCUT2D eigenvalue weighted by Crippen LogP contribution is 2.66. The fourth-order valence-electron chi connectivity index (χ4n) is 8.60. The molecule has 4 rings (SSSR count). The summed E-state index contributed by atoms with van der Waals surface area (Å²) in [6, 6.07) is 0. The maximum absolute atomic E-state index is 13.9. The molecule has 0 heterocycles. The van der Waals surface area contributed by atoms with Crippen molar-refractivity contribution in [2.24, 2.45) is 28.6 Å². The van der Waals surface area contributed by atoms with Crippen molar-refractivity contribution in [3.63, 3.8) is 0 Å². The molecule has 0 aromatic carbocycles. The summed E-state index contributed by atoms with van der Waals surface area (Å²) in [5.41, 5.74) is -2.53. The highest BCUT2D eigenvalue weighted by atomic mass is 16.5. The van der Waals surface area contributed by atoms with Crippen molar-refractivity contribution in [2.75, 3.05) is 6.61 Å². The van der Waals surface area contributed by atoms with Crippen LogP contribution >= 0.6 is 0 Å². The van der Waals surface area contributed by atoms with E-state index < -0.39 is 40.8 Å². The molecule has 7 atom stereocenters. The van der Waals surface area contributed by atoms with Crippen LogP contribution in [0.2, 0.25) is 0 Å². The van der Waals surface area contributed by atoms with E-state index in [0.29, 0.717) is 25.7 Å². The van der Waals surface area contributed by atoms with Crippen LogP contribution in [0, 0.1) is 28.6 Å². The fourth-order valence-corrected chi connectivity index (χ4v) is 8.60. The zero-order valence-electron chi connectivity index (χ0n) is 23.4. The van der Waals surface area contributed by atoms with E-state index in [2.05, 4.69) is 6.92 Å². The lowest BCUT2D eigenvalue weighted by Crippen LogP contribution is -2.63. The van der Waals surface area contributed by atoms with Crippen LogP contribution in [0.5, 0.6) is 0 Å². The van der Waals surface area contributed by atoms with E-state index in [0.717, 1.165) is 24.8 Å². The molecule has 0 bridgehead atoms. The Labute approximate surface area is 226 Å². The van der Waals surface area contributed by atoms with Crippen molar-refractivity contribution in [1.29, 1.82) is 0 Å². The number of carbonyl (C=O) groups excluding carboxylic acids is 4. The monoisotopic (exact) mass is 530 g/mol. The summed E-state index contributed by atoms with van der Waals surface area (Å²) in [4.78, 5) is 52.1. The van der Waals surface area contributed by atoms with Gasteiger partial charge in [-0.1, -0.05) is 64.9 Å². The van der Waals surface area contributed by atoms with Crippen LogP contribution in [0.25, 0.3) is 0 Å². The van der Waals surface area contributed by atoms with Crippen LogP contribution in [-0.2, 0) is 23.9 Å². The van der Waals surface area contributed by atoms with Gasteiger partial charge in [-0.05, 0) is 50.0 Å². The Morgan fingerprint density at radius 2 is 1.74 bits per heavy atom. The minimum Gasteiger partial charge on any atom is -0.461 e. The number of hydrogen-bond acceptors (Lipinski definition) is 7. The number of fused-ring (bicyclic) bond motifs is 5. The number of carbonyl (C=O) groups is 4. The number of unbranched alkanes of at least 4 members (excludes halogenated alkanes) is 6. The van der Waals surface area contributed by atoms with Crippen molar-refractivity contribution in [3.8, 4) is 0 Å². The van der Waals surface area contributed by atoms with Crippen molar-refractivity contribution >= 4 is 23.3 Å². The van der Waals surface area contributed by atoms with Crippen LogP contribution < -0.4 is 0 Å². The molecule has 7 heteroatoms. The second-order valence-electron chi connectivity index (χ2n) is 12.8. The molecule has 0 aromatic heterocycles. The van der Waals surface area contributed by atoms with E-state index in [1.165, 1.54) is 25.7 Å². The van der Waals surface area contributed by atoms with E-state index in [4.69, 9.17) is 4.74 Å². The van der Waals surface area contributed by atoms with Crippen molar-refractivity contribution < 1.29 is 34.1 Å². The third kappa shape index (κ3) is 4.83. The lowest BCUT2D eigenvalue weighted by Gasteiger charge is -2.59. The van der Waals surface area contributed by atoms with Crippen LogP contribution in [0.3, 0.4) is 0 Å². The van der Waals surface area contributed by atoms with E-state index in [9.17, 15) is 29.4 Å². The quantitative estimate of drug-likeness (QED) is 0.295. The predicted octanol–water partition coefficient (Wildman–Crippen LogP) is 4.65. The first-order valence-corrected chi connectivity index (χ1v) is 14.9.